The normalized spacial score (nSPS) is 18.8. The summed E-state index contributed by atoms with van der Waals surface area (Å²) in [5.41, 5.74) is 14.4. The third-order valence-corrected chi connectivity index (χ3v) is 2.95. The molecule has 0 aromatic carbocycles. The fourth-order valence-corrected chi connectivity index (χ4v) is 2.06. The molecule has 8 heteroatoms. The van der Waals surface area contributed by atoms with Crippen molar-refractivity contribution in [3.63, 3.8) is 0 Å². The molecule has 1 aliphatic heterocycles. The third-order valence-electron chi connectivity index (χ3n) is 2.74. The molecule has 0 radical (unpaired) electrons. The SMILES string of the molecule is [N-]=[N+]=NCC1CC(=O)N(c2nc(Cl)ccc2N)C1. The van der Waals surface area contributed by atoms with Gasteiger partial charge in [-0.2, -0.15) is 0 Å². The molecule has 1 atom stereocenters. The number of rotatable bonds is 3. The minimum absolute atomic E-state index is 0.00594. The number of azide groups is 1. The van der Waals surface area contributed by atoms with Crippen molar-refractivity contribution in [2.75, 3.05) is 23.7 Å². The van der Waals surface area contributed by atoms with Crippen LogP contribution in [0.3, 0.4) is 0 Å². The van der Waals surface area contributed by atoms with Crippen LogP contribution in [0.25, 0.3) is 10.4 Å². The van der Waals surface area contributed by atoms with Crippen molar-refractivity contribution >= 4 is 29.0 Å². The summed E-state index contributed by atoms with van der Waals surface area (Å²) in [6.07, 6.45) is 0.326. The Hall–Kier alpha value is -1.98. The van der Waals surface area contributed by atoms with Crippen LogP contribution < -0.4 is 10.6 Å². The second-order valence-corrected chi connectivity index (χ2v) is 4.42. The predicted molar refractivity (Wildman–Crippen MR) is 68.1 cm³/mol. The van der Waals surface area contributed by atoms with Gasteiger partial charge < -0.3 is 5.73 Å². The van der Waals surface area contributed by atoms with Gasteiger partial charge in [0.25, 0.3) is 0 Å². The van der Waals surface area contributed by atoms with Gasteiger partial charge in [-0.1, -0.05) is 16.7 Å². The molecule has 1 aliphatic rings. The lowest BCUT2D eigenvalue weighted by molar-refractivity contribution is -0.117. The summed E-state index contributed by atoms with van der Waals surface area (Å²) < 4.78 is 0. The zero-order valence-corrected chi connectivity index (χ0v) is 10.2. The van der Waals surface area contributed by atoms with Crippen molar-refractivity contribution < 1.29 is 4.79 Å². The maximum Gasteiger partial charge on any atom is 0.228 e. The maximum atomic E-state index is 11.9. The topological polar surface area (TPSA) is 108 Å². The molecule has 0 saturated carbocycles. The van der Waals surface area contributed by atoms with Gasteiger partial charge in [0.15, 0.2) is 5.82 Å². The van der Waals surface area contributed by atoms with Gasteiger partial charge in [0.2, 0.25) is 5.91 Å². The van der Waals surface area contributed by atoms with Crippen molar-refractivity contribution in [3.05, 3.63) is 27.7 Å². The number of carbonyl (C=O) groups excluding carboxylic acids is 1. The Morgan fingerprint density at radius 2 is 2.44 bits per heavy atom. The van der Waals surface area contributed by atoms with Crippen molar-refractivity contribution in [1.82, 2.24) is 4.98 Å². The molecule has 0 bridgehead atoms. The van der Waals surface area contributed by atoms with E-state index in [-0.39, 0.29) is 17.0 Å². The van der Waals surface area contributed by atoms with Gasteiger partial charge >= 0.3 is 0 Å². The second-order valence-electron chi connectivity index (χ2n) is 4.03. The first kappa shape index (κ1) is 12.5. The lowest BCUT2D eigenvalue weighted by atomic mass is 10.1. The molecule has 2 N–H and O–H groups in total. The van der Waals surface area contributed by atoms with Crippen LogP contribution in [0.5, 0.6) is 0 Å². The molecule has 1 saturated heterocycles. The average Bonchev–Trinajstić information content (AvgIpc) is 2.71. The Morgan fingerprint density at radius 1 is 1.67 bits per heavy atom. The van der Waals surface area contributed by atoms with E-state index in [9.17, 15) is 4.79 Å². The molecule has 1 aromatic heterocycles. The number of hydrogen-bond donors (Lipinski definition) is 1. The number of halogens is 1. The smallest absolute Gasteiger partial charge is 0.228 e. The number of carbonyl (C=O) groups is 1. The number of hydrogen-bond acceptors (Lipinski definition) is 4. The van der Waals surface area contributed by atoms with E-state index in [4.69, 9.17) is 22.9 Å². The molecular formula is C10H11ClN6O. The van der Waals surface area contributed by atoms with E-state index < -0.39 is 0 Å². The zero-order chi connectivity index (χ0) is 13.1. The lowest BCUT2D eigenvalue weighted by Crippen LogP contribution is -2.26. The number of pyridine rings is 1. The number of amides is 1. The van der Waals surface area contributed by atoms with Crippen LogP contribution in [-0.4, -0.2) is 24.0 Å². The van der Waals surface area contributed by atoms with Gasteiger partial charge in [0.05, 0.1) is 5.69 Å². The molecule has 94 valence electrons. The van der Waals surface area contributed by atoms with Gasteiger partial charge in [-0.15, -0.1) is 0 Å². The summed E-state index contributed by atoms with van der Waals surface area (Å²) in [6, 6.07) is 3.18. The molecule has 7 nitrogen and oxygen atoms in total. The van der Waals surface area contributed by atoms with E-state index >= 15 is 0 Å². The molecular weight excluding hydrogens is 256 g/mol. The fraction of sp³-hybridized carbons (Fsp3) is 0.400. The number of aromatic nitrogens is 1. The van der Waals surface area contributed by atoms with Crippen LogP contribution in [0.4, 0.5) is 11.5 Å². The largest absolute Gasteiger partial charge is 0.396 e. The second kappa shape index (κ2) is 5.12. The van der Waals surface area contributed by atoms with E-state index in [1.807, 2.05) is 0 Å². The van der Waals surface area contributed by atoms with Gasteiger partial charge in [0.1, 0.15) is 5.15 Å². The van der Waals surface area contributed by atoms with Crippen molar-refractivity contribution in [3.8, 4) is 0 Å². The van der Waals surface area contributed by atoms with Crippen LogP contribution in [0, 0.1) is 5.92 Å². The summed E-state index contributed by atoms with van der Waals surface area (Å²) in [5.74, 6) is 0.277. The summed E-state index contributed by atoms with van der Waals surface area (Å²) in [6.45, 7) is 0.731. The van der Waals surface area contributed by atoms with Crippen molar-refractivity contribution in [1.29, 1.82) is 0 Å². The highest BCUT2D eigenvalue weighted by Crippen LogP contribution is 2.29. The molecule has 2 heterocycles. The summed E-state index contributed by atoms with van der Waals surface area (Å²) in [4.78, 5) is 20.1. The first-order chi connectivity index (χ1) is 8.61. The molecule has 1 amide bonds. The minimum Gasteiger partial charge on any atom is -0.396 e. The first-order valence-corrected chi connectivity index (χ1v) is 5.73. The van der Waals surface area contributed by atoms with Crippen LogP contribution in [-0.2, 0) is 4.79 Å². The monoisotopic (exact) mass is 266 g/mol. The predicted octanol–water partition coefficient (Wildman–Crippen LogP) is 1.98. The number of anilines is 2. The van der Waals surface area contributed by atoms with Gasteiger partial charge in [0, 0.05) is 24.4 Å². The number of nitrogens with two attached hydrogens (primary N) is 1. The third kappa shape index (κ3) is 2.47. The Balaban J connectivity index is 2.21. The van der Waals surface area contributed by atoms with E-state index in [0.29, 0.717) is 31.0 Å². The number of nitrogens with zero attached hydrogens (tertiary/aromatic N) is 5. The Morgan fingerprint density at radius 3 is 3.17 bits per heavy atom. The maximum absolute atomic E-state index is 11.9. The number of nitrogen functional groups attached to an aromatic ring is 1. The van der Waals surface area contributed by atoms with E-state index in [1.165, 1.54) is 4.90 Å². The van der Waals surface area contributed by atoms with Crippen LogP contribution in [0.1, 0.15) is 6.42 Å². The molecule has 1 unspecified atom stereocenters. The highest BCUT2D eigenvalue weighted by molar-refractivity contribution is 6.29. The van der Waals surface area contributed by atoms with Crippen molar-refractivity contribution in [2.24, 2.45) is 11.0 Å². The molecule has 1 fully saturated rings. The molecule has 1 aromatic rings. The molecule has 18 heavy (non-hydrogen) atoms. The van der Waals surface area contributed by atoms with Crippen LogP contribution >= 0.6 is 11.6 Å². The molecule has 0 aliphatic carbocycles. The molecule has 2 rings (SSSR count). The quantitative estimate of drug-likeness (QED) is 0.391. The van der Waals surface area contributed by atoms with Gasteiger partial charge in [-0.25, -0.2) is 4.98 Å². The van der Waals surface area contributed by atoms with E-state index in [2.05, 4.69) is 15.0 Å². The minimum atomic E-state index is -0.0883. The summed E-state index contributed by atoms with van der Waals surface area (Å²) in [5, 5.41) is 3.76. The standard InChI is InChI=1S/C10H11ClN6O/c11-8-2-1-7(12)10(15-8)17-5-6(3-9(17)18)4-14-16-13/h1-2,6H,3-5,12H2. The highest BCUT2D eigenvalue weighted by atomic mass is 35.5. The van der Waals surface area contributed by atoms with Gasteiger partial charge in [-0.3, -0.25) is 9.69 Å². The Bertz CT molecular complexity index is 527. The average molecular weight is 267 g/mol. The Kier molecular flexibility index (Phi) is 3.55. The zero-order valence-electron chi connectivity index (χ0n) is 9.45. The summed E-state index contributed by atoms with van der Waals surface area (Å²) >= 11 is 5.79. The summed E-state index contributed by atoms with van der Waals surface area (Å²) in [7, 11) is 0. The van der Waals surface area contributed by atoms with Crippen LogP contribution in [0.15, 0.2) is 17.2 Å². The Labute approximate surface area is 108 Å². The lowest BCUT2D eigenvalue weighted by Gasteiger charge is -2.17. The molecule has 0 spiro atoms. The van der Waals surface area contributed by atoms with E-state index in [1.54, 1.807) is 12.1 Å². The van der Waals surface area contributed by atoms with Crippen LogP contribution in [0.2, 0.25) is 5.15 Å². The van der Waals surface area contributed by atoms with Crippen molar-refractivity contribution in [2.45, 2.75) is 6.42 Å². The van der Waals surface area contributed by atoms with E-state index in [0.717, 1.165) is 0 Å². The fourth-order valence-electron chi connectivity index (χ4n) is 1.91. The van der Waals surface area contributed by atoms with Gasteiger partial charge in [-0.05, 0) is 23.6 Å². The first-order valence-electron chi connectivity index (χ1n) is 5.35. The highest BCUT2D eigenvalue weighted by Gasteiger charge is 2.32.